The molecule has 6 nitrogen and oxygen atoms in total. The number of halogens is 3. The van der Waals surface area contributed by atoms with E-state index < -0.39 is 11.9 Å². The van der Waals surface area contributed by atoms with Gasteiger partial charge in [-0.15, -0.1) is 0 Å². The minimum absolute atomic E-state index is 0.101. The van der Waals surface area contributed by atoms with E-state index in [9.17, 15) is 9.59 Å². The zero-order valence-electron chi connectivity index (χ0n) is 15.7. The van der Waals surface area contributed by atoms with Gasteiger partial charge in [-0.1, -0.05) is 58.7 Å². The number of nitrogens with two attached hydrogens (primary N) is 1. The van der Waals surface area contributed by atoms with Crippen LogP contribution >= 0.6 is 46.6 Å². The van der Waals surface area contributed by atoms with Gasteiger partial charge in [-0.25, -0.2) is 4.99 Å². The molecule has 1 aliphatic heterocycles. The van der Waals surface area contributed by atoms with Gasteiger partial charge in [0.15, 0.2) is 5.17 Å². The predicted octanol–water partition coefficient (Wildman–Crippen LogP) is 4.78. The monoisotopic (exact) mass is 482 g/mol. The van der Waals surface area contributed by atoms with Crippen molar-refractivity contribution >= 4 is 69.2 Å². The van der Waals surface area contributed by atoms with Crippen molar-refractivity contribution in [3.8, 4) is 0 Å². The van der Waals surface area contributed by atoms with Crippen LogP contribution in [0.4, 0.5) is 5.69 Å². The quantitative estimate of drug-likeness (QED) is 0.570. The van der Waals surface area contributed by atoms with Crippen LogP contribution in [-0.4, -0.2) is 22.7 Å². The highest BCUT2D eigenvalue weighted by Crippen LogP contribution is 2.38. The van der Waals surface area contributed by atoms with Crippen molar-refractivity contribution in [1.29, 1.82) is 0 Å². The number of amides is 2. The number of nitrogens with one attached hydrogen (secondary N) is 2. The Balaban J connectivity index is 1.78. The number of carbonyl (C=O) groups excluding carboxylic acids is 2. The van der Waals surface area contributed by atoms with Gasteiger partial charge in [0, 0.05) is 22.0 Å². The third kappa shape index (κ3) is 5.29. The van der Waals surface area contributed by atoms with Gasteiger partial charge in [-0.05, 0) is 37.3 Å². The van der Waals surface area contributed by atoms with E-state index in [0.717, 1.165) is 0 Å². The Labute approximate surface area is 192 Å². The second-order valence-corrected chi connectivity index (χ2v) is 8.54. The van der Waals surface area contributed by atoms with E-state index in [0.29, 0.717) is 37.2 Å². The Morgan fingerprint density at radius 2 is 1.87 bits per heavy atom. The van der Waals surface area contributed by atoms with Gasteiger partial charge in [0.1, 0.15) is 6.04 Å². The topological polar surface area (TPSA) is 96.6 Å². The summed E-state index contributed by atoms with van der Waals surface area (Å²) in [5.74, 6) is -0.732. The minimum Gasteiger partial charge on any atom is -0.366 e. The van der Waals surface area contributed by atoms with Crippen molar-refractivity contribution in [2.45, 2.75) is 13.0 Å². The maximum Gasteiger partial charge on any atom is 0.248 e. The number of amidine groups is 1. The molecule has 1 aliphatic rings. The molecule has 1 atom stereocenters. The lowest BCUT2D eigenvalue weighted by atomic mass is 9.96. The molecule has 4 N–H and O–H groups in total. The number of aliphatic imine (C=N–C) groups is 1. The molecule has 2 amide bonds. The molecule has 1 heterocycles. The lowest BCUT2D eigenvalue weighted by Crippen LogP contribution is -2.33. The van der Waals surface area contributed by atoms with Gasteiger partial charge in [-0.3, -0.25) is 9.59 Å². The fourth-order valence-corrected chi connectivity index (χ4v) is 4.14. The number of allylic oxidation sites excluding steroid dienone is 1. The van der Waals surface area contributed by atoms with Crippen LogP contribution in [0.1, 0.15) is 18.5 Å². The molecular formula is C20H17Cl3N4O2S. The summed E-state index contributed by atoms with van der Waals surface area (Å²) in [5, 5.41) is 7.50. The van der Waals surface area contributed by atoms with E-state index in [1.807, 2.05) is 0 Å². The molecule has 10 heteroatoms. The van der Waals surface area contributed by atoms with Crippen LogP contribution in [0.2, 0.25) is 15.1 Å². The highest BCUT2D eigenvalue weighted by molar-refractivity contribution is 8.14. The first-order chi connectivity index (χ1) is 14.3. The second-order valence-electron chi connectivity index (χ2n) is 6.35. The number of carbonyl (C=O) groups is 2. The minimum atomic E-state index is -0.725. The van der Waals surface area contributed by atoms with E-state index in [-0.39, 0.29) is 17.2 Å². The van der Waals surface area contributed by atoms with Crippen molar-refractivity contribution in [3.63, 3.8) is 0 Å². The van der Waals surface area contributed by atoms with Gasteiger partial charge in [0.05, 0.1) is 21.4 Å². The first kappa shape index (κ1) is 22.5. The number of benzene rings is 2. The molecule has 0 unspecified atom stereocenters. The maximum absolute atomic E-state index is 12.3. The zero-order valence-corrected chi connectivity index (χ0v) is 18.8. The van der Waals surface area contributed by atoms with E-state index >= 15 is 0 Å². The summed E-state index contributed by atoms with van der Waals surface area (Å²) >= 11 is 19.5. The van der Waals surface area contributed by atoms with E-state index in [4.69, 9.17) is 40.5 Å². The van der Waals surface area contributed by atoms with Crippen LogP contribution in [0.15, 0.2) is 58.7 Å². The Hall–Kier alpha value is -2.19. The van der Waals surface area contributed by atoms with Gasteiger partial charge < -0.3 is 16.4 Å². The van der Waals surface area contributed by atoms with Crippen molar-refractivity contribution in [2.24, 2.45) is 10.7 Å². The van der Waals surface area contributed by atoms with Crippen LogP contribution in [0.25, 0.3) is 0 Å². The maximum atomic E-state index is 12.3. The van der Waals surface area contributed by atoms with E-state index in [1.54, 1.807) is 49.4 Å². The highest BCUT2D eigenvalue weighted by atomic mass is 35.5. The fourth-order valence-electron chi connectivity index (χ4n) is 2.86. The van der Waals surface area contributed by atoms with Crippen molar-refractivity contribution in [3.05, 3.63) is 74.4 Å². The summed E-state index contributed by atoms with van der Waals surface area (Å²) < 4.78 is 0. The molecule has 30 heavy (non-hydrogen) atoms. The first-order valence-electron chi connectivity index (χ1n) is 8.73. The normalized spacial score (nSPS) is 16.0. The summed E-state index contributed by atoms with van der Waals surface area (Å²) in [4.78, 5) is 28.9. The van der Waals surface area contributed by atoms with Crippen LogP contribution < -0.4 is 16.4 Å². The fraction of sp³-hybridized carbons (Fsp3) is 0.150. The van der Waals surface area contributed by atoms with Crippen LogP contribution in [0.3, 0.4) is 0 Å². The van der Waals surface area contributed by atoms with Gasteiger partial charge in [-0.2, -0.15) is 0 Å². The van der Waals surface area contributed by atoms with E-state index in [1.165, 1.54) is 11.8 Å². The zero-order chi connectivity index (χ0) is 21.8. The third-order valence-corrected chi connectivity index (χ3v) is 6.20. The number of nitrogens with zero attached hydrogens (tertiary/aromatic N) is 1. The number of anilines is 1. The van der Waals surface area contributed by atoms with Crippen LogP contribution in [0, 0.1) is 0 Å². The Morgan fingerprint density at radius 1 is 1.17 bits per heavy atom. The molecule has 3 rings (SSSR count). The van der Waals surface area contributed by atoms with Gasteiger partial charge >= 0.3 is 0 Å². The van der Waals surface area contributed by atoms with Gasteiger partial charge in [0.2, 0.25) is 11.8 Å². The Kier molecular flexibility index (Phi) is 7.31. The van der Waals surface area contributed by atoms with Gasteiger partial charge in [0.25, 0.3) is 0 Å². The SMILES string of the molecule is CC1=C(C(N)=O)[C@H](c2cccc(Cl)c2Cl)N=C(SCC(=O)Nc2ccc(Cl)cc2)N1. The Bertz CT molecular complexity index is 1050. The summed E-state index contributed by atoms with van der Waals surface area (Å²) in [6.07, 6.45) is 0. The first-order valence-corrected chi connectivity index (χ1v) is 10.9. The summed E-state index contributed by atoms with van der Waals surface area (Å²) in [5.41, 5.74) is 7.60. The average Bonchev–Trinajstić information content (AvgIpc) is 2.69. The van der Waals surface area contributed by atoms with Crippen LogP contribution in [0.5, 0.6) is 0 Å². The average molecular weight is 484 g/mol. The van der Waals surface area contributed by atoms with Crippen LogP contribution in [-0.2, 0) is 9.59 Å². The predicted molar refractivity (Wildman–Crippen MR) is 124 cm³/mol. The summed E-state index contributed by atoms with van der Waals surface area (Å²) in [6.45, 7) is 1.72. The molecule has 0 saturated carbocycles. The molecule has 0 saturated heterocycles. The largest absolute Gasteiger partial charge is 0.366 e. The number of hydrogen-bond donors (Lipinski definition) is 3. The number of rotatable bonds is 5. The molecule has 2 aromatic rings. The van der Waals surface area contributed by atoms with Crippen molar-refractivity contribution in [1.82, 2.24) is 5.32 Å². The molecule has 0 aromatic heterocycles. The molecule has 0 bridgehead atoms. The summed E-state index contributed by atoms with van der Waals surface area (Å²) in [6, 6.07) is 11.2. The molecule has 0 aliphatic carbocycles. The molecule has 0 fully saturated rings. The van der Waals surface area contributed by atoms with E-state index in [2.05, 4.69) is 15.6 Å². The smallest absolute Gasteiger partial charge is 0.248 e. The molecule has 2 aromatic carbocycles. The lowest BCUT2D eigenvalue weighted by molar-refractivity contribution is -0.115. The van der Waals surface area contributed by atoms with Crippen molar-refractivity contribution in [2.75, 3.05) is 11.1 Å². The second kappa shape index (κ2) is 9.75. The molecular weight excluding hydrogens is 467 g/mol. The lowest BCUT2D eigenvalue weighted by Gasteiger charge is -2.26. The van der Waals surface area contributed by atoms with Crippen molar-refractivity contribution < 1.29 is 9.59 Å². The summed E-state index contributed by atoms with van der Waals surface area (Å²) in [7, 11) is 0. The number of hydrogen-bond acceptors (Lipinski definition) is 5. The number of primary amides is 1. The molecule has 156 valence electrons. The molecule has 0 spiro atoms. The Morgan fingerprint density at radius 3 is 2.53 bits per heavy atom. The highest BCUT2D eigenvalue weighted by Gasteiger charge is 2.30. The molecule has 0 radical (unpaired) electrons. The standard InChI is InChI=1S/C20H17Cl3N4O2S/c1-10-16(19(24)29)18(13-3-2-4-14(22)17(13)23)27-20(25-10)30-9-15(28)26-12-7-5-11(21)6-8-12/h2-8,18H,9H2,1H3,(H2,24,29)(H,25,27)(H,26,28)/t18-/m0/s1. The third-order valence-electron chi connectivity index (χ3n) is 4.23. The number of thioether (sulfide) groups is 1.